The number of halogens is 3. The lowest BCUT2D eigenvalue weighted by Crippen LogP contribution is -2.45. The van der Waals surface area contributed by atoms with E-state index in [0.717, 1.165) is 37.5 Å². The predicted molar refractivity (Wildman–Crippen MR) is 128 cm³/mol. The van der Waals surface area contributed by atoms with Crippen LogP contribution in [0.5, 0.6) is 0 Å². The molecule has 1 atom stereocenters. The minimum Gasteiger partial charge on any atom is -0.355 e. The van der Waals surface area contributed by atoms with Crippen LogP contribution in [-0.4, -0.2) is 47.3 Å². The van der Waals surface area contributed by atoms with Crippen molar-refractivity contribution in [2.24, 2.45) is 18.0 Å². The maximum absolute atomic E-state index is 13.4. The Bertz CT molecular complexity index is 851. The summed E-state index contributed by atoms with van der Waals surface area (Å²) in [7, 11) is 3.76. The second-order valence-electron chi connectivity index (χ2n) is 8.24. The van der Waals surface area contributed by atoms with E-state index in [0.29, 0.717) is 17.5 Å². The van der Waals surface area contributed by atoms with Gasteiger partial charge in [0.1, 0.15) is 5.82 Å². The number of nitrogens with zero attached hydrogens (tertiary/aromatic N) is 4. The number of hydrogen-bond donors (Lipinski definition) is 1. The molecular formula is C21H30ClFIN5. The first-order chi connectivity index (χ1) is 13.3. The summed E-state index contributed by atoms with van der Waals surface area (Å²) in [6.45, 7) is 6.83. The van der Waals surface area contributed by atoms with E-state index >= 15 is 0 Å². The molecule has 2 heterocycles. The quantitative estimate of drug-likeness (QED) is 0.355. The van der Waals surface area contributed by atoms with Gasteiger partial charge in [-0.1, -0.05) is 31.5 Å². The molecule has 2 aromatic rings. The zero-order valence-electron chi connectivity index (χ0n) is 17.5. The normalized spacial score (nSPS) is 17.4. The molecule has 0 saturated carbocycles. The molecule has 1 fully saturated rings. The van der Waals surface area contributed by atoms with Crippen LogP contribution in [0.25, 0.3) is 0 Å². The molecule has 29 heavy (non-hydrogen) atoms. The van der Waals surface area contributed by atoms with Crippen LogP contribution < -0.4 is 5.32 Å². The minimum absolute atomic E-state index is 0. The summed E-state index contributed by atoms with van der Waals surface area (Å²) in [6, 6.07) is 4.60. The fourth-order valence-corrected chi connectivity index (χ4v) is 4.29. The summed E-state index contributed by atoms with van der Waals surface area (Å²) in [5, 5.41) is 8.20. The number of aromatic nitrogens is 2. The monoisotopic (exact) mass is 533 g/mol. The molecule has 1 aliphatic rings. The number of guanidine groups is 1. The highest BCUT2D eigenvalue weighted by atomic mass is 127. The van der Waals surface area contributed by atoms with Gasteiger partial charge in [0.25, 0.3) is 0 Å². The summed E-state index contributed by atoms with van der Waals surface area (Å²) in [4.78, 5) is 6.78. The van der Waals surface area contributed by atoms with Crippen LogP contribution in [0.2, 0.25) is 5.02 Å². The first kappa shape index (κ1) is 23.9. The average Bonchev–Trinajstić information content (AvgIpc) is 3.24. The van der Waals surface area contributed by atoms with Gasteiger partial charge < -0.3 is 10.2 Å². The Balaban J connectivity index is 0.00000300. The molecule has 1 saturated heterocycles. The lowest BCUT2D eigenvalue weighted by Gasteiger charge is -2.30. The number of hydrogen-bond acceptors (Lipinski definition) is 2. The van der Waals surface area contributed by atoms with Crippen LogP contribution in [0.3, 0.4) is 0 Å². The predicted octanol–water partition coefficient (Wildman–Crippen LogP) is 4.25. The number of nitrogens with one attached hydrogen (secondary N) is 1. The molecule has 8 heteroatoms. The molecule has 1 aromatic carbocycles. The van der Waals surface area contributed by atoms with Gasteiger partial charge in [-0.2, -0.15) is 5.10 Å². The van der Waals surface area contributed by atoms with E-state index in [1.165, 1.54) is 17.7 Å². The highest BCUT2D eigenvalue weighted by Crippen LogP contribution is 2.30. The van der Waals surface area contributed by atoms with Gasteiger partial charge in [0.15, 0.2) is 5.96 Å². The van der Waals surface area contributed by atoms with E-state index in [4.69, 9.17) is 11.6 Å². The standard InChI is InChI=1S/C21H29ClFN5.HI/c1-21(2,18-6-5-17(23)10-19(18)22)14-25-20(24-3)28-8-7-15(13-28)9-16-11-26-27(4)12-16;/h5-6,10-12,15H,7-9,13-14H2,1-4H3,(H,24,25);1H. The SMILES string of the molecule is CN=C(NCC(C)(C)c1ccc(F)cc1Cl)N1CCC(Cc2cnn(C)c2)C1.I. The van der Waals surface area contributed by atoms with Gasteiger partial charge in [-0.25, -0.2) is 4.39 Å². The smallest absolute Gasteiger partial charge is 0.193 e. The lowest BCUT2D eigenvalue weighted by molar-refractivity contribution is 0.440. The van der Waals surface area contributed by atoms with Crippen molar-refractivity contribution in [3.63, 3.8) is 0 Å². The van der Waals surface area contributed by atoms with Gasteiger partial charge in [-0.05, 0) is 42.0 Å². The van der Waals surface area contributed by atoms with Crippen LogP contribution in [0.1, 0.15) is 31.4 Å². The molecule has 1 N–H and O–H groups in total. The van der Waals surface area contributed by atoms with Gasteiger partial charge in [-0.15, -0.1) is 24.0 Å². The molecule has 0 spiro atoms. The maximum atomic E-state index is 13.4. The zero-order chi connectivity index (χ0) is 20.3. The van der Waals surface area contributed by atoms with Crippen LogP contribution >= 0.6 is 35.6 Å². The second kappa shape index (κ2) is 10.1. The molecule has 160 valence electrons. The van der Waals surface area contributed by atoms with Crippen molar-refractivity contribution in [2.45, 2.75) is 32.1 Å². The minimum atomic E-state index is -0.315. The van der Waals surface area contributed by atoms with Crippen LogP contribution in [0.4, 0.5) is 4.39 Å². The Morgan fingerprint density at radius 2 is 2.17 bits per heavy atom. The summed E-state index contributed by atoms with van der Waals surface area (Å²) >= 11 is 6.27. The summed E-state index contributed by atoms with van der Waals surface area (Å²) in [5.74, 6) is 1.19. The van der Waals surface area contributed by atoms with E-state index in [-0.39, 0.29) is 35.2 Å². The molecule has 0 radical (unpaired) electrons. The number of aryl methyl sites for hydroxylation is 1. The summed E-state index contributed by atoms with van der Waals surface area (Å²) in [6.07, 6.45) is 6.22. The number of benzene rings is 1. The third kappa shape index (κ3) is 6.07. The van der Waals surface area contributed by atoms with E-state index in [2.05, 4.69) is 40.4 Å². The van der Waals surface area contributed by atoms with Crippen LogP contribution in [0, 0.1) is 11.7 Å². The van der Waals surface area contributed by atoms with Crippen molar-refractivity contribution < 1.29 is 4.39 Å². The fraction of sp³-hybridized carbons (Fsp3) is 0.524. The van der Waals surface area contributed by atoms with Crippen LogP contribution in [-0.2, 0) is 18.9 Å². The van der Waals surface area contributed by atoms with Gasteiger partial charge in [0.2, 0.25) is 0 Å². The van der Waals surface area contributed by atoms with Gasteiger partial charge >= 0.3 is 0 Å². The van der Waals surface area contributed by atoms with Crippen LogP contribution in [0.15, 0.2) is 35.6 Å². The Hall–Kier alpha value is -1.35. The van der Waals surface area contributed by atoms with Crippen molar-refractivity contribution in [3.8, 4) is 0 Å². The third-order valence-corrected chi connectivity index (χ3v) is 5.74. The van der Waals surface area contributed by atoms with Crippen molar-refractivity contribution >= 4 is 41.5 Å². The van der Waals surface area contributed by atoms with Gasteiger partial charge in [0, 0.05) is 50.4 Å². The topological polar surface area (TPSA) is 45.5 Å². The maximum Gasteiger partial charge on any atom is 0.193 e. The molecule has 3 rings (SSSR count). The Morgan fingerprint density at radius 3 is 2.79 bits per heavy atom. The Kier molecular flexibility index (Phi) is 8.34. The van der Waals surface area contributed by atoms with Crippen molar-refractivity contribution in [1.29, 1.82) is 0 Å². The molecule has 1 aromatic heterocycles. The highest BCUT2D eigenvalue weighted by molar-refractivity contribution is 14.0. The molecule has 0 amide bonds. The Morgan fingerprint density at radius 1 is 1.41 bits per heavy atom. The van der Waals surface area contributed by atoms with Crippen molar-refractivity contribution in [3.05, 3.63) is 52.6 Å². The Labute approximate surface area is 194 Å². The molecule has 1 unspecified atom stereocenters. The van der Waals surface area contributed by atoms with Crippen molar-refractivity contribution in [2.75, 3.05) is 26.7 Å². The molecular weight excluding hydrogens is 504 g/mol. The molecule has 1 aliphatic heterocycles. The van der Waals surface area contributed by atoms with E-state index in [9.17, 15) is 4.39 Å². The number of aliphatic imine (C=N–C) groups is 1. The van der Waals surface area contributed by atoms with E-state index in [1.807, 2.05) is 25.0 Å². The largest absolute Gasteiger partial charge is 0.355 e. The van der Waals surface area contributed by atoms with E-state index < -0.39 is 0 Å². The first-order valence-electron chi connectivity index (χ1n) is 9.67. The van der Waals surface area contributed by atoms with Crippen molar-refractivity contribution in [1.82, 2.24) is 20.0 Å². The fourth-order valence-electron chi connectivity index (χ4n) is 3.87. The lowest BCUT2D eigenvalue weighted by atomic mass is 9.84. The van der Waals surface area contributed by atoms with E-state index in [1.54, 1.807) is 6.07 Å². The number of rotatable bonds is 5. The van der Waals surface area contributed by atoms with Gasteiger partial charge in [-0.3, -0.25) is 9.67 Å². The summed E-state index contributed by atoms with van der Waals surface area (Å²) < 4.78 is 15.2. The first-order valence-corrected chi connectivity index (χ1v) is 10.0. The third-order valence-electron chi connectivity index (χ3n) is 5.43. The zero-order valence-corrected chi connectivity index (χ0v) is 20.5. The van der Waals surface area contributed by atoms with Gasteiger partial charge in [0.05, 0.1) is 6.20 Å². The summed E-state index contributed by atoms with van der Waals surface area (Å²) in [5.41, 5.74) is 1.95. The molecule has 5 nitrogen and oxygen atoms in total. The molecule has 0 aliphatic carbocycles. The second-order valence-corrected chi connectivity index (χ2v) is 8.64. The molecule has 0 bridgehead atoms. The highest BCUT2D eigenvalue weighted by Gasteiger charge is 2.28. The number of likely N-dealkylation sites (tertiary alicyclic amines) is 1. The average molecular weight is 534 g/mol.